The minimum atomic E-state index is -3.28. The molecule has 0 saturated carbocycles. The maximum Gasteiger partial charge on any atom is 0.317 e. The molecule has 1 fully saturated rings. The van der Waals surface area contributed by atoms with Gasteiger partial charge < -0.3 is 15.3 Å². The lowest BCUT2D eigenvalue weighted by Gasteiger charge is -2.36. The zero-order chi connectivity index (χ0) is 16.2. The largest absolute Gasteiger partial charge is 0.481 e. The van der Waals surface area contributed by atoms with Crippen molar-refractivity contribution in [2.45, 2.75) is 45.7 Å². The fourth-order valence-electron chi connectivity index (χ4n) is 2.30. The van der Waals surface area contributed by atoms with Crippen molar-refractivity contribution in [2.24, 2.45) is 5.92 Å². The normalized spacial score (nSPS) is 24.1. The van der Waals surface area contributed by atoms with Crippen LogP contribution in [0.15, 0.2) is 0 Å². The fraction of sp³-hybridized carbons (Fsp3) is 0.846. The maximum atomic E-state index is 12.3. The molecule has 0 aromatic carbocycles. The van der Waals surface area contributed by atoms with E-state index in [2.05, 4.69) is 5.32 Å². The number of carboxylic acids is 1. The van der Waals surface area contributed by atoms with Gasteiger partial charge in [0.15, 0.2) is 9.84 Å². The van der Waals surface area contributed by atoms with E-state index in [1.807, 2.05) is 20.8 Å². The second-order valence-corrected chi connectivity index (χ2v) is 7.91. The SMILES string of the molecule is CCC(C)C(C)NC(=O)N1CCS(=O)(=O)CC1CC(=O)O. The van der Waals surface area contributed by atoms with Gasteiger partial charge in [0, 0.05) is 12.6 Å². The Bertz CT molecular complexity index is 491. The van der Waals surface area contributed by atoms with Crippen molar-refractivity contribution < 1.29 is 23.1 Å². The summed E-state index contributed by atoms with van der Waals surface area (Å²) in [5.41, 5.74) is 0. The number of carbonyl (C=O) groups excluding carboxylic acids is 1. The van der Waals surface area contributed by atoms with Gasteiger partial charge in [0.05, 0.1) is 24.0 Å². The Hall–Kier alpha value is -1.31. The third kappa shape index (κ3) is 5.18. The van der Waals surface area contributed by atoms with Crippen molar-refractivity contribution in [3.05, 3.63) is 0 Å². The molecule has 8 heteroatoms. The highest BCUT2D eigenvalue weighted by atomic mass is 32.2. The number of rotatable bonds is 5. The molecule has 3 unspecified atom stereocenters. The number of hydrogen-bond donors (Lipinski definition) is 2. The molecule has 1 aliphatic rings. The molecule has 1 aliphatic heterocycles. The first-order chi connectivity index (χ1) is 9.66. The zero-order valence-electron chi connectivity index (χ0n) is 12.7. The first-order valence-corrected chi connectivity index (χ1v) is 8.97. The van der Waals surface area contributed by atoms with Gasteiger partial charge >= 0.3 is 12.0 Å². The van der Waals surface area contributed by atoms with Crippen LogP contribution in [0.4, 0.5) is 4.79 Å². The Balaban J connectivity index is 2.77. The van der Waals surface area contributed by atoms with Crippen LogP contribution < -0.4 is 5.32 Å². The van der Waals surface area contributed by atoms with Crippen molar-refractivity contribution in [1.29, 1.82) is 0 Å². The Labute approximate surface area is 125 Å². The zero-order valence-corrected chi connectivity index (χ0v) is 13.5. The second kappa shape index (κ2) is 7.11. The summed E-state index contributed by atoms with van der Waals surface area (Å²) >= 11 is 0. The molecule has 0 bridgehead atoms. The minimum Gasteiger partial charge on any atom is -0.481 e. The number of amides is 2. The number of urea groups is 1. The number of hydrogen-bond acceptors (Lipinski definition) is 4. The number of sulfone groups is 1. The third-order valence-corrected chi connectivity index (χ3v) is 5.75. The van der Waals surface area contributed by atoms with Crippen molar-refractivity contribution in [3.63, 3.8) is 0 Å². The van der Waals surface area contributed by atoms with Crippen LogP contribution in [0, 0.1) is 5.92 Å². The van der Waals surface area contributed by atoms with Gasteiger partial charge in [-0.3, -0.25) is 4.79 Å². The topological polar surface area (TPSA) is 104 Å². The Morgan fingerprint density at radius 2 is 2.00 bits per heavy atom. The van der Waals surface area contributed by atoms with Crippen LogP contribution in [0.25, 0.3) is 0 Å². The number of nitrogens with one attached hydrogen (secondary N) is 1. The van der Waals surface area contributed by atoms with Crippen molar-refractivity contribution in [2.75, 3.05) is 18.1 Å². The molecule has 0 aromatic rings. The molecule has 122 valence electrons. The van der Waals surface area contributed by atoms with Gasteiger partial charge in [-0.15, -0.1) is 0 Å². The number of carbonyl (C=O) groups is 2. The minimum absolute atomic E-state index is 0.0410. The van der Waals surface area contributed by atoms with Gasteiger partial charge in [0.25, 0.3) is 0 Å². The maximum absolute atomic E-state index is 12.3. The molecule has 0 aliphatic carbocycles. The summed E-state index contributed by atoms with van der Waals surface area (Å²) in [6.45, 7) is 5.96. The van der Waals surface area contributed by atoms with Crippen LogP contribution in [-0.2, 0) is 14.6 Å². The predicted octanol–water partition coefficient (Wildman–Crippen LogP) is 0.704. The lowest BCUT2D eigenvalue weighted by molar-refractivity contribution is -0.138. The summed E-state index contributed by atoms with van der Waals surface area (Å²) in [6, 6.07) is -1.24. The monoisotopic (exact) mass is 320 g/mol. The molecule has 3 atom stereocenters. The Morgan fingerprint density at radius 1 is 1.38 bits per heavy atom. The number of nitrogens with zero attached hydrogens (tertiary/aromatic N) is 1. The summed E-state index contributed by atoms with van der Waals surface area (Å²) in [6.07, 6.45) is 0.554. The van der Waals surface area contributed by atoms with E-state index in [-0.39, 0.29) is 36.5 Å². The molecule has 21 heavy (non-hydrogen) atoms. The Kier molecular flexibility index (Phi) is 6.00. The third-order valence-electron chi connectivity index (χ3n) is 4.05. The van der Waals surface area contributed by atoms with Crippen LogP contribution >= 0.6 is 0 Å². The molecule has 2 amide bonds. The molecule has 2 N–H and O–H groups in total. The van der Waals surface area contributed by atoms with Crippen LogP contribution in [0.3, 0.4) is 0 Å². The van der Waals surface area contributed by atoms with E-state index in [0.29, 0.717) is 5.92 Å². The lowest BCUT2D eigenvalue weighted by Crippen LogP contribution is -2.56. The van der Waals surface area contributed by atoms with E-state index in [1.54, 1.807) is 0 Å². The highest BCUT2D eigenvalue weighted by Gasteiger charge is 2.35. The van der Waals surface area contributed by atoms with E-state index in [0.717, 1.165) is 6.42 Å². The van der Waals surface area contributed by atoms with E-state index < -0.39 is 21.8 Å². The number of carboxylic acid groups (broad SMARTS) is 1. The molecule has 1 heterocycles. The van der Waals surface area contributed by atoms with Gasteiger partial charge in [-0.25, -0.2) is 13.2 Å². The average Bonchev–Trinajstić information content (AvgIpc) is 2.35. The quantitative estimate of drug-likeness (QED) is 0.776. The van der Waals surface area contributed by atoms with E-state index in [1.165, 1.54) is 4.90 Å². The molecule has 7 nitrogen and oxygen atoms in total. The Morgan fingerprint density at radius 3 is 2.52 bits per heavy atom. The van der Waals surface area contributed by atoms with Crippen molar-refractivity contribution >= 4 is 21.8 Å². The summed E-state index contributed by atoms with van der Waals surface area (Å²) in [5, 5.41) is 11.7. The summed E-state index contributed by atoms with van der Waals surface area (Å²) < 4.78 is 23.3. The molecular formula is C13H24N2O5S. The second-order valence-electron chi connectivity index (χ2n) is 5.68. The van der Waals surface area contributed by atoms with Gasteiger partial charge in [-0.05, 0) is 12.8 Å². The summed E-state index contributed by atoms with van der Waals surface area (Å²) in [7, 11) is -3.28. The molecule has 1 saturated heterocycles. The van der Waals surface area contributed by atoms with E-state index in [4.69, 9.17) is 5.11 Å². The smallest absolute Gasteiger partial charge is 0.317 e. The van der Waals surface area contributed by atoms with Crippen LogP contribution in [-0.4, -0.2) is 60.6 Å². The molecule has 1 rings (SSSR count). The van der Waals surface area contributed by atoms with Crippen LogP contribution in [0.5, 0.6) is 0 Å². The first-order valence-electron chi connectivity index (χ1n) is 7.15. The standard InChI is InChI=1S/C13H24N2O5S/c1-4-9(2)10(3)14-13(18)15-5-6-21(19,20)8-11(15)7-12(16)17/h9-11H,4-8H2,1-3H3,(H,14,18)(H,16,17). The van der Waals surface area contributed by atoms with E-state index >= 15 is 0 Å². The fourth-order valence-corrected chi connectivity index (χ4v) is 3.82. The van der Waals surface area contributed by atoms with E-state index in [9.17, 15) is 18.0 Å². The average molecular weight is 320 g/mol. The molecule has 0 radical (unpaired) electrons. The molecular weight excluding hydrogens is 296 g/mol. The molecule has 0 spiro atoms. The van der Waals surface area contributed by atoms with Crippen molar-refractivity contribution in [1.82, 2.24) is 10.2 Å². The highest BCUT2D eigenvalue weighted by molar-refractivity contribution is 7.91. The summed E-state index contributed by atoms with van der Waals surface area (Å²) in [4.78, 5) is 24.5. The summed E-state index contributed by atoms with van der Waals surface area (Å²) in [5.74, 6) is -1.22. The lowest BCUT2D eigenvalue weighted by atomic mass is 10.0. The van der Waals surface area contributed by atoms with Crippen LogP contribution in [0.2, 0.25) is 0 Å². The molecule has 0 aromatic heterocycles. The van der Waals surface area contributed by atoms with Crippen LogP contribution in [0.1, 0.15) is 33.6 Å². The van der Waals surface area contributed by atoms with Gasteiger partial charge in [-0.1, -0.05) is 20.3 Å². The highest BCUT2D eigenvalue weighted by Crippen LogP contribution is 2.16. The number of aliphatic carboxylic acids is 1. The van der Waals surface area contributed by atoms with Gasteiger partial charge in [0.2, 0.25) is 0 Å². The predicted molar refractivity (Wildman–Crippen MR) is 78.8 cm³/mol. The van der Waals surface area contributed by atoms with Gasteiger partial charge in [0.1, 0.15) is 0 Å². The van der Waals surface area contributed by atoms with Gasteiger partial charge in [-0.2, -0.15) is 0 Å². The van der Waals surface area contributed by atoms with Crippen molar-refractivity contribution in [3.8, 4) is 0 Å². The first kappa shape index (κ1) is 17.7.